The second-order valence-corrected chi connectivity index (χ2v) is 2.45. The number of hydrogen-bond donors (Lipinski definition) is 1. The van der Waals surface area contributed by atoms with E-state index in [0.717, 1.165) is 6.54 Å². The molecule has 0 aliphatic carbocycles. The molecule has 1 radical (unpaired) electrons. The average Bonchev–Trinajstić information content (AvgIpc) is 2.34. The van der Waals surface area contributed by atoms with Gasteiger partial charge in [-0.1, -0.05) is 12.1 Å². The molecular weight excluding hydrogens is 124 g/mol. The first-order valence-electron chi connectivity index (χ1n) is 3.34. The minimum atomic E-state index is 0.945. The molecule has 0 unspecified atom stereocenters. The van der Waals surface area contributed by atoms with Gasteiger partial charge in [0.25, 0.3) is 0 Å². The van der Waals surface area contributed by atoms with E-state index in [1.807, 2.05) is 24.2 Å². The maximum Gasteiger partial charge on any atom is 0.0568 e. The van der Waals surface area contributed by atoms with E-state index in [2.05, 4.69) is 17.6 Å². The second-order valence-electron chi connectivity index (χ2n) is 2.45. The fourth-order valence-corrected chi connectivity index (χ4v) is 1.20. The molecule has 0 amide bonds. The minimum absolute atomic E-state index is 0.945. The lowest BCUT2D eigenvalue weighted by Gasteiger charge is -2.10. The van der Waals surface area contributed by atoms with Crippen LogP contribution in [0.25, 0.3) is 0 Å². The van der Waals surface area contributed by atoms with Crippen molar-refractivity contribution < 1.29 is 0 Å². The normalized spacial score (nSPS) is 15.5. The Hall–Kier alpha value is -1.02. The second kappa shape index (κ2) is 1.99. The minimum Gasteiger partial charge on any atom is -0.311 e. The first-order chi connectivity index (χ1) is 4.88. The number of hydrogen-bond acceptors (Lipinski definition) is 2. The number of hydrazine groups is 1. The van der Waals surface area contributed by atoms with Gasteiger partial charge in [-0.15, -0.1) is 0 Å². The summed E-state index contributed by atoms with van der Waals surface area (Å²) in [6.45, 7) is 0.945. The molecule has 1 aliphatic heterocycles. The Morgan fingerprint density at radius 1 is 1.70 bits per heavy atom. The average molecular weight is 133 g/mol. The van der Waals surface area contributed by atoms with Crippen molar-refractivity contribution in [3.8, 4) is 0 Å². The third-order valence-corrected chi connectivity index (χ3v) is 1.80. The molecule has 2 heteroatoms. The van der Waals surface area contributed by atoms with Crippen molar-refractivity contribution in [2.75, 3.05) is 12.1 Å². The van der Waals surface area contributed by atoms with Crippen LogP contribution in [0, 0.1) is 6.07 Å². The molecule has 0 aromatic heterocycles. The lowest BCUT2D eigenvalue weighted by atomic mass is 10.2. The molecule has 0 atom stereocenters. The summed E-state index contributed by atoms with van der Waals surface area (Å²) in [7, 11) is 2.01. The van der Waals surface area contributed by atoms with E-state index in [1.54, 1.807) is 0 Å². The van der Waals surface area contributed by atoms with Gasteiger partial charge in [0, 0.05) is 13.6 Å². The molecule has 1 aliphatic rings. The van der Waals surface area contributed by atoms with Gasteiger partial charge in [-0.05, 0) is 17.7 Å². The molecule has 1 aromatic rings. The molecule has 51 valence electrons. The Kier molecular flexibility index (Phi) is 1.14. The molecule has 0 saturated carbocycles. The molecule has 10 heavy (non-hydrogen) atoms. The zero-order valence-electron chi connectivity index (χ0n) is 5.89. The van der Waals surface area contributed by atoms with Crippen molar-refractivity contribution in [3.63, 3.8) is 0 Å². The fraction of sp³-hybridized carbons (Fsp3) is 0.250. The van der Waals surface area contributed by atoms with Gasteiger partial charge in [-0.3, -0.25) is 0 Å². The van der Waals surface area contributed by atoms with Crippen molar-refractivity contribution >= 4 is 5.69 Å². The predicted molar refractivity (Wildman–Crippen MR) is 40.5 cm³/mol. The van der Waals surface area contributed by atoms with Crippen LogP contribution in [0.2, 0.25) is 0 Å². The van der Waals surface area contributed by atoms with Crippen LogP contribution in [0.4, 0.5) is 5.69 Å². The molecule has 2 nitrogen and oxygen atoms in total. The molecular formula is C8H9N2. The Morgan fingerprint density at radius 2 is 2.60 bits per heavy atom. The van der Waals surface area contributed by atoms with Gasteiger partial charge in [-0.25, -0.2) is 5.43 Å². The third kappa shape index (κ3) is 0.693. The van der Waals surface area contributed by atoms with Gasteiger partial charge < -0.3 is 5.01 Å². The van der Waals surface area contributed by atoms with Gasteiger partial charge in [0.15, 0.2) is 0 Å². The fourth-order valence-electron chi connectivity index (χ4n) is 1.20. The van der Waals surface area contributed by atoms with E-state index >= 15 is 0 Å². The van der Waals surface area contributed by atoms with Crippen LogP contribution in [0.5, 0.6) is 0 Å². The van der Waals surface area contributed by atoms with E-state index in [-0.39, 0.29) is 0 Å². The van der Waals surface area contributed by atoms with E-state index in [4.69, 9.17) is 0 Å². The summed E-state index contributed by atoms with van der Waals surface area (Å²) in [5.74, 6) is 0. The maximum atomic E-state index is 3.20. The summed E-state index contributed by atoms with van der Waals surface area (Å²) in [5.41, 5.74) is 5.79. The summed E-state index contributed by atoms with van der Waals surface area (Å²) < 4.78 is 0. The molecule has 0 fully saturated rings. The van der Waals surface area contributed by atoms with E-state index in [1.165, 1.54) is 11.3 Å². The Morgan fingerprint density at radius 3 is 3.40 bits per heavy atom. The first kappa shape index (κ1) is 5.74. The quantitative estimate of drug-likeness (QED) is 0.566. The van der Waals surface area contributed by atoms with E-state index in [0.29, 0.717) is 0 Å². The smallest absolute Gasteiger partial charge is 0.0568 e. The van der Waals surface area contributed by atoms with Gasteiger partial charge in [0.2, 0.25) is 0 Å². The van der Waals surface area contributed by atoms with Crippen molar-refractivity contribution in [2.45, 2.75) is 6.54 Å². The highest BCUT2D eigenvalue weighted by atomic mass is 15.5. The van der Waals surface area contributed by atoms with Crippen LogP contribution in [-0.2, 0) is 6.54 Å². The SMILES string of the molecule is CN1NCc2cc[c]cc21. The molecule has 1 aromatic carbocycles. The van der Waals surface area contributed by atoms with Crippen LogP contribution < -0.4 is 10.4 Å². The van der Waals surface area contributed by atoms with Gasteiger partial charge >= 0.3 is 0 Å². The number of nitrogens with zero attached hydrogens (tertiary/aromatic N) is 1. The maximum absolute atomic E-state index is 3.20. The van der Waals surface area contributed by atoms with Crippen molar-refractivity contribution in [1.29, 1.82) is 0 Å². The highest BCUT2D eigenvalue weighted by molar-refractivity contribution is 5.54. The highest BCUT2D eigenvalue weighted by Gasteiger charge is 2.12. The molecule has 1 heterocycles. The summed E-state index contributed by atoms with van der Waals surface area (Å²) in [4.78, 5) is 0. The molecule has 1 N–H and O–H groups in total. The standard InChI is InChI=1S/C8H9N2/c1-10-8-5-3-2-4-7(8)6-9-10/h2,4-5,9H,6H2,1H3. The Labute approximate surface area is 60.4 Å². The lowest BCUT2D eigenvalue weighted by Crippen LogP contribution is -2.26. The van der Waals surface area contributed by atoms with Gasteiger partial charge in [0.05, 0.1) is 5.69 Å². The van der Waals surface area contributed by atoms with E-state index in [9.17, 15) is 0 Å². The van der Waals surface area contributed by atoms with Crippen LogP contribution in [0.1, 0.15) is 5.56 Å². The van der Waals surface area contributed by atoms with Gasteiger partial charge in [-0.2, -0.15) is 0 Å². The predicted octanol–water partition coefficient (Wildman–Crippen LogP) is 0.941. The zero-order chi connectivity index (χ0) is 6.97. The van der Waals surface area contributed by atoms with Crippen LogP contribution in [0.15, 0.2) is 18.2 Å². The number of rotatable bonds is 0. The molecule has 0 spiro atoms. The molecule has 0 bridgehead atoms. The number of nitrogens with one attached hydrogen (secondary N) is 1. The van der Waals surface area contributed by atoms with Crippen LogP contribution in [0.3, 0.4) is 0 Å². The number of fused-ring (bicyclic) bond motifs is 1. The molecule has 0 saturated heterocycles. The van der Waals surface area contributed by atoms with Gasteiger partial charge in [0.1, 0.15) is 0 Å². The summed E-state index contributed by atoms with van der Waals surface area (Å²) in [5, 5.41) is 2.02. The summed E-state index contributed by atoms with van der Waals surface area (Å²) in [6, 6.07) is 9.07. The molecule has 2 rings (SSSR count). The zero-order valence-corrected chi connectivity index (χ0v) is 5.89. The largest absolute Gasteiger partial charge is 0.311 e. The van der Waals surface area contributed by atoms with Crippen molar-refractivity contribution in [3.05, 3.63) is 29.8 Å². The highest BCUT2D eigenvalue weighted by Crippen LogP contribution is 2.21. The summed E-state index contributed by atoms with van der Waals surface area (Å²) in [6.07, 6.45) is 0. The first-order valence-corrected chi connectivity index (χ1v) is 3.34. The van der Waals surface area contributed by atoms with E-state index < -0.39 is 0 Å². The number of benzene rings is 1. The van der Waals surface area contributed by atoms with Crippen molar-refractivity contribution in [1.82, 2.24) is 5.43 Å². The summed E-state index contributed by atoms with van der Waals surface area (Å²) >= 11 is 0. The lowest BCUT2D eigenvalue weighted by molar-refractivity contribution is 0.734. The third-order valence-electron chi connectivity index (χ3n) is 1.80. The number of anilines is 1. The topological polar surface area (TPSA) is 15.3 Å². The van der Waals surface area contributed by atoms with Crippen molar-refractivity contribution in [2.24, 2.45) is 0 Å². The van der Waals surface area contributed by atoms with Crippen LogP contribution in [-0.4, -0.2) is 7.05 Å². The Bertz CT molecular complexity index is 245. The Balaban J connectivity index is 2.51. The van der Waals surface area contributed by atoms with Crippen LogP contribution >= 0.6 is 0 Å². The monoisotopic (exact) mass is 133 g/mol.